The van der Waals surface area contributed by atoms with E-state index >= 15 is 0 Å². The van der Waals surface area contributed by atoms with Crippen molar-refractivity contribution in [2.75, 3.05) is 19.5 Å². The molecule has 1 rings (SSSR count). The van der Waals surface area contributed by atoms with Crippen LogP contribution in [0.2, 0.25) is 0 Å². The maximum absolute atomic E-state index is 8.87. The van der Waals surface area contributed by atoms with Crippen molar-refractivity contribution in [3.8, 4) is 5.88 Å². The third-order valence-electron chi connectivity index (χ3n) is 1.75. The fourth-order valence-corrected chi connectivity index (χ4v) is 1.09. The van der Waals surface area contributed by atoms with E-state index in [0.717, 1.165) is 0 Å². The molecule has 1 aromatic rings. The van der Waals surface area contributed by atoms with Gasteiger partial charge in [-0.05, 0) is 6.07 Å². The Labute approximate surface area is 76.3 Å². The molecular weight excluding hydrogens is 170 g/mol. The highest BCUT2D eigenvalue weighted by atomic mass is 16.5. The van der Waals surface area contributed by atoms with E-state index in [2.05, 4.69) is 4.98 Å². The zero-order valence-electron chi connectivity index (χ0n) is 7.40. The van der Waals surface area contributed by atoms with Crippen LogP contribution in [-0.4, -0.2) is 23.8 Å². The lowest BCUT2D eigenvalue weighted by atomic mass is 10.1. The number of nitrogen functional groups attached to an aromatic ring is 1. The Morgan fingerprint density at radius 1 is 1.69 bits per heavy atom. The lowest BCUT2D eigenvalue weighted by Crippen LogP contribution is -2.17. The minimum absolute atomic E-state index is 0.188. The summed E-state index contributed by atoms with van der Waals surface area (Å²) in [7, 11) is 1.48. The van der Waals surface area contributed by atoms with Crippen molar-refractivity contribution in [3.63, 3.8) is 0 Å². The van der Waals surface area contributed by atoms with Crippen LogP contribution >= 0.6 is 0 Å². The first-order valence-corrected chi connectivity index (χ1v) is 3.85. The highest BCUT2D eigenvalue weighted by Gasteiger charge is 2.15. The van der Waals surface area contributed by atoms with Crippen LogP contribution in [0.25, 0.3) is 0 Å². The van der Waals surface area contributed by atoms with Crippen LogP contribution in [-0.2, 0) is 0 Å². The maximum atomic E-state index is 8.87. The molecule has 1 aromatic heterocycles. The van der Waals surface area contributed by atoms with Gasteiger partial charge in [0.15, 0.2) is 0 Å². The maximum Gasteiger partial charge on any atom is 0.220 e. The normalized spacial score (nSPS) is 12.5. The predicted octanol–water partition coefficient (Wildman–Crippen LogP) is -0.336. The summed E-state index contributed by atoms with van der Waals surface area (Å²) in [5.74, 6) is 0.363. The number of rotatable bonds is 3. The predicted molar refractivity (Wildman–Crippen MR) is 49.2 cm³/mol. The largest absolute Gasteiger partial charge is 0.481 e. The van der Waals surface area contributed by atoms with Crippen molar-refractivity contribution >= 4 is 5.69 Å². The lowest BCUT2D eigenvalue weighted by molar-refractivity contribution is 0.264. The topological polar surface area (TPSA) is 94.4 Å². The summed E-state index contributed by atoms with van der Waals surface area (Å²) in [6.45, 7) is -0.188. The number of pyridine rings is 1. The zero-order valence-corrected chi connectivity index (χ0v) is 7.40. The number of methoxy groups -OCH3 is 1. The molecule has 0 amide bonds. The van der Waals surface area contributed by atoms with Gasteiger partial charge in [-0.3, -0.25) is 0 Å². The molecule has 0 saturated heterocycles. The van der Waals surface area contributed by atoms with Crippen molar-refractivity contribution in [2.45, 2.75) is 6.04 Å². The minimum Gasteiger partial charge on any atom is -0.481 e. The van der Waals surface area contributed by atoms with Crippen LogP contribution in [0.1, 0.15) is 11.6 Å². The van der Waals surface area contributed by atoms with E-state index in [-0.39, 0.29) is 6.61 Å². The van der Waals surface area contributed by atoms with Gasteiger partial charge in [0, 0.05) is 11.9 Å². The summed E-state index contributed by atoms with van der Waals surface area (Å²) in [6.07, 6.45) is 1.53. The van der Waals surface area contributed by atoms with Crippen LogP contribution in [0.4, 0.5) is 5.69 Å². The highest BCUT2D eigenvalue weighted by Crippen LogP contribution is 2.26. The monoisotopic (exact) mass is 183 g/mol. The summed E-state index contributed by atoms with van der Waals surface area (Å²) in [6, 6.07) is 1.07. The molecule has 0 unspecified atom stereocenters. The van der Waals surface area contributed by atoms with Crippen LogP contribution in [0.5, 0.6) is 5.88 Å². The molecule has 0 bridgehead atoms. The molecule has 0 radical (unpaired) electrons. The van der Waals surface area contributed by atoms with Crippen LogP contribution in [0.3, 0.4) is 0 Å². The van der Waals surface area contributed by atoms with Crippen molar-refractivity contribution in [1.82, 2.24) is 4.98 Å². The van der Waals surface area contributed by atoms with Gasteiger partial charge in [-0.25, -0.2) is 4.98 Å². The van der Waals surface area contributed by atoms with Crippen molar-refractivity contribution < 1.29 is 9.84 Å². The van der Waals surface area contributed by atoms with Crippen molar-refractivity contribution in [1.29, 1.82) is 0 Å². The first-order valence-electron chi connectivity index (χ1n) is 3.85. The molecule has 0 aromatic carbocycles. The molecular formula is C8H13N3O2. The lowest BCUT2D eigenvalue weighted by Gasteiger charge is -2.14. The van der Waals surface area contributed by atoms with E-state index < -0.39 is 6.04 Å². The fourth-order valence-electron chi connectivity index (χ4n) is 1.09. The van der Waals surface area contributed by atoms with Crippen molar-refractivity contribution in [3.05, 3.63) is 17.8 Å². The van der Waals surface area contributed by atoms with E-state index in [0.29, 0.717) is 17.1 Å². The van der Waals surface area contributed by atoms with Gasteiger partial charge in [0.25, 0.3) is 0 Å². The molecule has 0 fully saturated rings. The molecule has 0 saturated carbocycles. The molecule has 5 heteroatoms. The Hall–Kier alpha value is -1.33. The van der Waals surface area contributed by atoms with Gasteiger partial charge < -0.3 is 21.3 Å². The number of aromatic nitrogens is 1. The molecule has 0 aliphatic heterocycles. The Balaban J connectivity index is 3.14. The van der Waals surface area contributed by atoms with Gasteiger partial charge in [-0.1, -0.05) is 0 Å². The quantitative estimate of drug-likeness (QED) is 0.596. The number of anilines is 1. The Morgan fingerprint density at radius 2 is 2.38 bits per heavy atom. The third-order valence-corrected chi connectivity index (χ3v) is 1.75. The Morgan fingerprint density at radius 3 is 2.92 bits per heavy atom. The number of hydrogen-bond donors (Lipinski definition) is 3. The van der Waals surface area contributed by atoms with E-state index in [1.54, 1.807) is 6.07 Å². The van der Waals surface area contributed by atoms with Gasteiger partial charge >= 0.3 is 0 Å². The SMILES string of the molecule is COc1nccc(N)c1[C@@H](N)CO. The number of ether oxygens (including phenoxy) is 1. The number of nitrogens with zero attached hydrogens (tertiary/aromatic N) is 1. The van der Waals surface area contributed by atoms with E-state index in [4.69, 9.17) is 21.3 Å². The molecule has 1 heterocycles. The number of nitrogens with two attached hydrogens (primary N) is 2. The summed E-state index contributed by atoms with van der Waals surface area (Å²) < 4.78 is 4.97. The molecule has 0 aliphatic carbocycles. The Bertz CT molecular complexity index is 291. The van der Waals surface area contributed by atoms with Gasteiger partial charge in [-0.15, -0.1) is 0 Å². The van der Waals surface area contributed by atoms with E-state index in [9.17, 15) is 0 Å². The second-order valence-electron chi connectivity index (χ2n) is 2.61. The molecule has 0 spiro atoms. The molecule has 5 N–H and O–H groups in total. The van der Waals surface area contributed by atoms with Gasteiger partial charge in [0.1, 0.15) is 0 Å². The van der Waals surface area contributed by atoms with Gasteiger partial charge in [0.2, 0.25) is 5.88 Å². The first kappa shape index (κ1) is 9.76. The second-order valence-corrected chi connectivity index (χ2v) is 2.61. The summed E-state index contributed by atoms with van der Waals surface area (Å²) >= 11 is 0. The molecule has 0 aliphatic rings. The van der Waals surface area contributed by atoms with Crippen LogP contribution in [0.15, 0.2) is 12.3 Å². The number of hydrogen-bond acceptors (Lipinski definition) is 5. The molecule has 5 nitrogen and oxygen atoms in total. The summed E-state index contributed by atoms with van der Waals surface area (Å²) in [4.78, 5) is 3.93. The fraction of sp³-hybridized carbons (Fsp3) is 0.375. The van der Waals surface area contributed by atoms with E-state index in [1.807, 2.05) is 0 Å². The Kier molecular flexibility index (Phi) is 3.05. The van der Waals surface area contributed by atoms with Crippen molar-refractivity contribution in [2.24, 2.45) is 5.73 Å². The minimum atomic E-state index is -0.552. The smallest absolute Gasteiger partial charge is 0.220 e. The average molecular weight is 183 g/mol. The summed E-state index contributed by atoms with van der Waals surface area (Å²) in [5, 5.41) is 8.87. The zero-order chi connectivity index (χ0) is 9.84. The average Bonchev–Trinajstić information content (AvgIpc) is 2.16. The van der Waals surface area contributed by atoms with Crippen LogP contribution < -0.4 is 16.2 Å². The molecule has 13 heavy (non-hydrogen) atoms. The van der Waals surface area contributed by atoms with Gasteiger partial charge in [-0.2, -0.15) is 0 Å². The first-order chi connectivity index (χ1) is 6.20. The number of aliphatic hydroxyl groups excluding tert-OH is 1. The molecule has 1 atom stereocenters. The molecule has 72 valence electrons. The van der Waals surface area contributed by atoms with E-state index in [1.165, 1.54) is 13.3 Å². The standard InChI is InChI=1S/C8H13N3O2/c1-13-8-7(6(10)4-12)5(9)2-3-11-8/h2-3,6,12H,4,10H2,1H3,(H2,9,11)/t6-/m0/s1. The van der Waals surface area contributed by atoms with Gasteiger partial charge in [0.05, 0.1) is 25.3 Å². The second kappa shape index (κ2) is 4.06. The number of aliphatic hydroxyl groups is 1. The third kappa shape index (κ3) is 1.88. The highest BCUT2D eigenvalue weighted by molar-refractivity contribution is 5.52. The van der Waals surface area contributed by atoms with Crippen LogP contribution in [0, 0.1) is 0 Å². The summed E-state index contributed by atoms with van der Waals surface area (Å²) in [5.41, 5.74) is 12.3.